The van der Waals surface area contributed by atoms with Crippen molar-refractivity contribution in [2.75, 3.05) is 0 Å². The minimum atomic E-state index is -0.313. The number of ether oxygens (including phenoxy) is 1. The lowest BCUT2D eigenvalue weighted by atomic mass is 10.2. The third-order valence-electron chi connectivity index (χ3n) is 3.96. The van der Waals surface area contributed by atoms with Crippen molar-refractivity contribution >= 4 is 17.0 Å². The molecule has 4 heteroatoms. The molecule has 22 heavy (non-hydrogen) atoms. The second kappa shape index (κ2) is 5.30. The van der Waals surface area contributed by atoms with Gasteiger partial charge in [-0.2, -0.15) is 0 Å². The summed E-state index contributed by atoms with van der Waals surface area (Å²) in [6.07, 6.45) is 4.29. The highest BCUT2D eigenvalue weighted by Crippen LogP contribution is 2.37. The zero-order valence-corrected chi connectivity index (χ0v) is 12.1. The Hall–Kier alpha value is -2.62. The van der Waals surface area contributed by atoms with Gasteiger partial charge in [0.05, 0.1) is 22.9 Å². The molecule has 0 saturated heterocycles. The number of rotatable bonds is 4. The molecule has 1 fully saturated rings. The normalized spacial score (nSPS) is 14.2. The molecule has 110 valence electrons. The van der Waals surface area contributed by atoms with Gasteiger partial charge in [-0.25, -0.2) is 9.78 Å². The summed E-state index contributed by atoms with van der Waals surface area (Å²) < 4.78 is 7.55. The summed E-state index contributed by atoms with van der Waals surface area (Å²) >= 11 is 0. The molecule has 1 saturated carbocycles. The fraction of sp³-hybridized carbons (Fsp3) is 0.222. The first-order valence-electron chi connectivity index (χ1n) is 7.49. The van der Waals surface area contributed by atoms with Crippen molar-refractivity contribution in [3.8, 4) is 0 Å². The molecule has 1 aliphatic rings. The Morgan fingerprint density at radius 3 is 2.77 bits per heavy atom. The molecule has 0 N–H and O–H groups in total. The lowest BCUT2D eigenvalue weighted by molar-refractivity contribution is 0.0473. The number of aromatic nitrogens is 2. The Kier molecular flexibility index (Phi) is 3.15. The Balaban J connectivity index is 1.52. The summed E-state index contributed by atoms with van der Waals surface area (Å²) in [7, 11) is 0. The monoisotopic (exact) mass is 292 g/mol. The number of hydrogen-bond acceptors (Lipinski definition) is 3. The van der Waals surface area contributed by atoms with Gasteiger partial charge in [-0.3, -0.25) is 0 Å². The molecule has 0 spiro atoms. The van der Waals surface area contributed by atoms with Crippen LogP contribution in [0.1, 0.15) is 34.8 Å². The van der Waals surface area contributed by atoms with E-state index in [9.17, 15) is 4.79 Å². The molecule has 0 unspecified atom stereocenters. The minimum Gasteiger partial charge on any atom is -0.457 e. The molecule has 1 heterocycles. The summed E-state index contributed by atoms with van der Waals surface area (Å²) in [5.41, 5.74) is 3.46. The molecule has 2 aromatic carbocycles. The lowest BCUT2D eigenvalue weighted by Gasteiger charge is -2.05. The van der Waals surface area contributed by atoms with E-state index < -0.39 is 0 Å². The van der Waals surface area contributed by atoms with E-state index in [-0.39, 0.29) is 12.6 Å². The van der Waals surface area contributed by atoms with Crippen LogP contribution in [-0.2, 0) is 11.3 Å². The van der Waals surface area contributed by atoms with Crippen LogP contribution >= 0.6 is 0 Å². The van der Waals surface area contributed by atoms with E-state index in [0.717, 1.165) is 16.6 Å². The maximum absolute atomic E-state index is 12.2. The zero-order valence-electron chi connectivity index (χ0n) is 12.1. The van der Waals surface area contributed by atoms with Gasteiger partial charge in [0.1, 0.15) is 6.61 Å². The van der Waals surface area contributed by atoms with Crippen LogP contribution in [0.15, 0.2) is 54.9 Å². The summed E-state index contributed by atoms with van der Waals surface area (Å²) in [5, 5.41) is 0. The van der Waals surface area contributed by atoms with E-state index in [2.05, 4.69) is 9.55 Å². The Labute approximate surface area is 128 Å². The van der Waals surface area contributed by atoms with Gasteiger partial charge in [-0.1, -0.05) is 30.3 Å². The average molecular weight is 292 g/mol. The van der Waals surface area contributed by atoms with E-state index in [1.54, 1.807) is 0 Å². The number of carbonyl (C=O) groups excluding carboxylic acids is 1. The molecular formula is C18H16N2O2. The van der Waals surface area contributed by atoms with Gasteiger partial charge in [0.2, 0.25) is 0 Å². The molecule has 1 aliphatic carbocycles. The van der Waals surface area contributed by atoms with Crippen molar-refractivity contribution in [3.05, 3.63) is 66.0 Å². The topological polar surface area (TPSA) is 44.1 Å². The highest BCUT2D eigenvalue weighted by atomic mass is 16.5. The first-order chi connectivity index (χ1) is 10.8. The van der Waals surface area contributed by atoms with Gasteiger partial charge < -0.3 is 9.30 Å². The Bertz CT molecular complexity index is 819. The van der Waals surface area contributed by atoms with E-state index in [0.29, 0.717) is 11.6 Å². The summed E-state index contributed by atoms with van der Waals surface area (Å²) in [6, 6.07) is 15.8. The van der Waals surface area contributed by atoms with Crippen LogP contribution in [0.4, 0.5) is 0 Å². The van der Waals surface area contributed by atoms with Crippen LogP contribution in [0.2, 0.25) is 0 Å². The highest BCUT2D eigenvalue weighted by molar-refractivity contribution is 5.93. The number of esters is 1. The van der Waals surface area contributed by atoms with Crippen molar-refractivity contribution in [2.24, 2.45) is 0 Å². The number of benzene rings is 2. The van der Waals surface area contributed by atoms with Gasteiger partial charge in [-0.15, -0.1) is 0 Å². The van der Waals surface area contributed by atoms with Crippen molar-refractivity contribution in [3.63, 3.8) is 0 Å². The van der Waals surface area contributed by atoms with Gasteiger partial charge in [-0.05, 0) is 36.6 Å². The number of carbonyl (C=O) groups is 1. The first kappa shape index (κ1) is 13.1. The number of nitrogens with zero attached hydrogens (tertiary/aromatic N) is 2. The van der Waals surface area contributed by atoms with E-state index in [4.69, 9.17) is 4.74 Å². The predicted molar refractivity (Wildman–Crippen MR) is 83.6 cm³/mol. The zero-order chi connectivity index (χ0) is 14.9. The van der Waals surface area contributed by atoms with Gasteiger partial charge in [0.15, 0.2) is 0 Å². The second-order valence-electron chi connectivity index (χ2n) is 5.65. The van der Waals surface area contributed by atoms with E-state index in [1.807, 2.05) is 54.9 Å². The molecule has 0 atom stereocenters. The fourth-order valence-corrected chi connectivity index (χ4v) is 2.61. The Morgan fingerprint density at radius 2 is 2.00 bits per heavy atom. The largest absolute Gasteiger partial charge is 0.457 e. The third kappa shape index (κ3) is 2.48. The number of fused-ring (bicyclic) bond motifs is 1. The predicted octanol–water partition coefficient (Wildman–Crippen LogP) is 3.73. The maximum atomic E-state index is 12.2. The number of hydrogen-bond donors (Lipinski definition) is 0. The van der Waals surface area contributed by atoms with Crippen molar-refractivity contribution in [1.82, 2.24) is 9.55 Å². The maximum Gasteiger partial charge on any atom is 0.338 e. The van der Waals surface area contributed by atoms with Crippen LogP contribution in [0, 0.1) is 0 Å². The third-order valence-corrected chi connectivity index (χ3v) is 3.96. The van der Waals surface area contributed by atoms with E-state index in [1.165, 1.54) is 12.8 Å². The Morgan fingerprint density at radius 1 is 1.18 bits per heavy atom. The van der Waals surface area contributed by atoms with Crippen LogP contribution < -0.4 is 0 Å². The molecule has 3 aromatic rings. The summed E-state index contributed by atoms with van der Waals surface area (Å²) in [6.45, 7) is 0.286. The minimum absolute atomic E-state index is 0.286. The fourth-order valence-electron chi connectivity index (χ4n) is 2.61. The molecule has 4 nitrogen and oxygen atoms in total. The standard InChI is InChI=1S/C18H16N2O2/c21-18(22-11-13-4-2-1-3-5-13)14-6-9-17-16(10-14)19-12-20(17)15-7-8-15/h1-6,9-10,12,15H,7-8,11H2. The SMILES string of the molecule is O=C(OCc1ccccc1)c1ccc2c(c1)ncn2C1CC1. The van der Waals surface area contributed by atoms with Crippen LogP contribution in [0.5, 0.6) is 0 Å². The molecule has 0 amide bonds. The molecular weight excluding hydrogens is 276 g/mol. The quantitative estimate of drug-likeness (QED) is 0.688. The molecule has 0 aliphatic heterocycles. The molecule has 1 aromatic heterocycles. The molecule has 0 bridgehead atoms. The summed E-state index contributed by atoms with van der Waals surface area (Å²) in [5.74, 6) is -0.313. The van der Waals surface area contributed by atoms with Gasteiger partial charge in [0.25, 0.3) is 0 Å². The van der Waals surface area contributed by atoms with Crippen LogP contribution in [0.25, 0.3) is 11.0 Å². The molecule has 0 radical (unpaired) electrons. The van der Waals surface area contributed by atoms with Crippen LogP contribution in [-0.4, -0.2) is 15.5 Å². The van der Waals surface area contributed by atoms with Crippen molar-refractivity contribution in [2.45, 2.75) is 25.5 Å². The number of imidazole rings is 1. The first-order valence-corrected chi connectivity index (χ1v) is 7.49. The van der Waals surface area contributed by atoms with Crippen molar-refractivity contribution in [1.29, 1.82) is 0 Å². The van der Waals surface area contributed by atoms with Gasteiger partial charge in [0, 0.05) is 6.04 Å². The lowest BCUT2D eigenvalue weighted by Crippen LogP contribution is -2.05. The smallest absolute Gasteiger partial charge is 0.338 e. The van der Waals surface area contributed by atoms with E-state index >= 15 is 0 Å². The molecule has 4 rings (SSSR count). The second-order valence-corrected chi connectivity index (χ2v) is 5.65. The highest BCUT2D eigenvalue weighted by Gasteiger charge is 2.25. The van der Waals surface area contributed by atoms with Crippen LogP contribution in [0.3, 0.4) is 0 Å². The van der Waals surface area contributed by atoms with Crippen molar-refractivity contribution < 1.29 is 9.53 Å². The average Bonchev–Trinajstić information content (AvgIpc) is 3.32. The summed E-state index contributed by atoms with van der Waals surface area (Å²) in [4.78, 5) is 16.6. The van der Waals surface area contributed by atoms with Gasteiger partial charge >= 0.3 is 5.97 Å².